The second-order valence-corrected chi connectivity index (χ2v) is 7.13. The van der Waals surface area contributed by atoms with Crippen LogP contribution in [0.15, 0.2) is 18.2 Å². The number of hydrogen-bond donors (Lipinski definition) is 2. The minimum absolute atomic E-state index is 0.0801. The summed E-state index contributed by atoms with van der Waals surface area (Å²) in [5, 5.41) is 12.8. The number of hydrogen-bond acceptors (Lipinski definition) is 3. The third-order valence-corrected chi connectivity index (χ3v) is 5.55. The highest BCUT2D eigenvalue weighted by atomic mass is 16.5. The number of phenols is 1. The third kappa shape index (κ3) is 1.95. The van der Waals surface area contributed by atoms with Crippen LogP contribution in [0.2, 0.25) is 0 Å². The lowest BCUT2D eigenvalue weighted by Gasteiger charge is -2.56. The molecule has 0 spiro atoms. The molecule has 0 heterocycles. The van der Waals surface area contributed by atoms with Crippen molar-refractivity contribution in [1.29, 1.82) is 0 Å². The summed E-state index contributed by atoms with van der Waals surface area (Å²) < 4.78 is 6.46. The van der Waals surface area contributed by atoms with Gasteiger partial charge in [0.05, 0.1) is 5.69 Å². The van der Waals surface area contributed by atoms with Crippen LogP contribution < -0.4 is 10.1 Å². The van der Waals surface area contributed by atoms with Crippen LogP contribution in [0.25, 0.3) is 0 Å². The van der Waals surface area contributed by atoms with Gasteiger partial charge in [0.2, 0.25) is 0 Å². The summed E-state index contributed by atoms with van der Waals surface area (Å²) in [4.78, 5) is 0. The molecule has 0 aromatic heterocycles. The van der Waals surface area contributed by atoms with E-state index in [9.17, 15) is 5.11 Å². The average Bonchev–Trinajstić information content (AvgIpc) is 2.39. The summed E-state index contributed by atoms with van der Waals surface area (Å²) >= 11 is 0. The van der Waals surface area contributed by atoms with E-state index in [1.807, 2.05) is 19.2 Å². The van der Waals surface area contributed by atoms with Crippen LogP contribution in [-0.4, -0.2) is 17.8 Å². The van der Waals surface area contributed by atoms with E-state index in [1.54, 1.807) is 6.07 Å². The molecule has 4 fully saturated rings. The van der Waals surface area contributed by atoms with E-state index in [4.69, 9.17) is 4.74 Å². The number of phenolic OH excluding ortho intramolecular Hbond substituents is 1. The SMILES string of the molecule is CNc1cc(OC23CC4CC(CC(C4)C2)C3)ccc1O. The fourth-order valence-electron chi connectivity index (χ4n) is 5.19. The topological polar surface area (TPSA) is 41.5 Å². The molecule has 108 valence electrons. The fourth-order valence-corrected chi connectivity index (χ4v) is 5.19. The Balaban J connectivity index is 1.59. The first-order valence-corrected chi connectivity index (χ1v) is 7.85. The molecule has 0 atom stereocenters. The summed E-state index contributed by atoms with van der Waals surface area (Å²) in [6, 6.07) is 5.55. The Bertz CT molecular complexity index is 490. The number of ether oxygens (including phenoxy) is 1. The van der Waals surface area contributed by atoms with E-state index in [-0.39, 0.29) is 11.4 Å². The molecule has 0 radical (unpaired) electrons. The zero-order chi connectivity index (χ0) is 13.7. The maximum atomic E-state index is 9.75. The van der Waals surface area contributed by atoms with Gasteiger partial charge in [-0.05, 0) is 68.4 Å². The number of benzene rings is 1. The molecule has 4 aliphatic carbocycles. The molecule has 4 bridgehead atoms. The molecule has 1 aromatic carbocycles. The van der Waals surface area contributed by atoms with Gasteiger partial charge in [-0.2, -0.15) is 0 Å². The molecule has 4 saturated carbocycles. The zero-order valence-corrected chi connectivity index (χ0v) is 12.1. The van der Waals surface area contributed by atoms with E-state index in [1.165, 1.54) is 38.5 Å². The van der Waals surface area contributed by atoms with Gasteiger partial charge in [-0.1, -0.05) is 0 Å². The van der Waals surface area contributed by atoms with Gasteiger partial charge in [0.15, 0.2) is 0 Å². The van der Waals surface area contributed by atoms with E-state index in [2.05, 4.69) is 5.32 Å². The normalized spacial score (nSPS) is 38.0. The standard InChI is InChI=1S/C17H23NO2/c1-18-15-7-14(2-3-16(15)19)20-17-8-11-4-12(9-17)6-13(5-11)10-17/h2-3,7,11-13,18-19H,4-6,8-10H2,1H3. The first-order valence-electron chi connectivity index (χ1n) is 7.85. The van der Waals surface area contributed by atoms with Crippen molar-refractivity contribution in [1.82, 2.24) is 0 Å². The summed E-state index contributed by atoms with van der Waals surface area (Å²) in [5.74, 6) is 3.85. The number of rotatable bonds is 3. The monoisotopic (exact) mass is 273 g/mol. The third-order valence-electron chi connectivity index (χ3n) is 5.55. The van der Waals surface area contributed by atoms with Crippen molar-refractivity contribution < 1.29 is 9.84 Å². The molecule has 4 aliphatic rings. The van der Waals surface area contributed by atoms with Gasteiger partial charge < -0.3 is 15.2 Å². The average molecular weight is 273 g/mol. The van der Waals surface area contributed by atoms with Crippen molar-refractivity contribution >= 4 is 5.69 Å². The van der Waals surface area contributed by atoms with Gasteiger partial charge in [0.25, 0.3) is 0 Å². The van der Waals surface area contributed by atoms with E-state index < -0.39 is 0 Å². The Morgan fingerprint density at radius 3 is 2.25 bits per heavy atom. The van der Waals surface area contributed by atoms with E-state index in [0.29, 0.717) is 0 Å². The molecule has 0 amide bonds. The van der Waals surface area contributed by atoms with Crippen LogP contribution in [0, 0.1) is 17.8 Å². The predicted molar refractivity (Wildman–Crippen MR) is 79.2 cm³/mol. The van der Waals surface area contributed by atoms with Gasteiger partial charge in [0.1, 0.15) is 17.1 Å². The van der Waals surface area contributed by atoms with Crippen LogP contribution in [-0.2, 0) is 0 Å². The predicted octanol–water partition coefficient (Wildman–Crippen LogP) is 3.78. The first-order chi connectivity index (χ1) is 9.66. The number of anilines is 1. The molecule has 0 saturated heterocycles. The molecular weight excluding hydrogens is 250 g/mol. The number of aromatic hydroxyl groups is 1. The Hall–Kier alpha value is -1.38. The molecule has 5 rings (SSSR count). The van der Waals surface area contributed by atoms with Crippen LogP contribution in [0.4, 0.5) is 5.69 Å². The second-order valence-electron chi connectivity index (χ2n) is 7.13. The Morgan fingerprint density at radius 2 is 1.70 bits per heavy atom. The minimum Gasteiger partial charge on any atom is -0.506 e. The van der Waals surface area contributed by atoms with Gasteiger partial charge in [-0.15, -0.1) is 0 Å². The summed E-state index contributed by atoms with van der Waals surface area (Å²) in [6.07, 6.45) is 7.98. The largest absolute Gasteiger partial charge is 0.506 e. The van der Waals surface area contributed by atoms with Gasteiger partial charge >= 0.3 is 0 Å². The second kappa shape index (κ2) is 4.31. The lowest BCUT2D eigenvalue weighted by molar-refractivity contribution is -0.107. The maximum Gasteiger partial charge on any atom is 0.138 e. The van der Waals surface area contributed by atoms with E-state index in [0.717, 1.165) is 29.2 Å². The van der Waals surface area contributed by atoms with Crippen molar-refractivity contribution in [2.24, 2.45) is 17.8 Å². The maximum absolute atomic E-state index is 9.75. The van der Waals surface area contributed by atoms with Crippen LogP contribution in [0.5, 0.6) is 11.5 Å². The highest BCUT2D eigenvalue weighted by Crippen LogP contribution is 2.57. The molecule has 0 unspecified atom stereocenters. The van der Waals surface area contributed by atoms with Crippen LogP contribution in [0.3, 0.4) is 0 Å². The van der Waals surface area contributed by atoms with Crippen molar-refractivity contribution in [2.75, 3.05) is 12.4 Å². The van der Waals surface area contributed by atoms with Crippen LogP contribution in [0.1, 0.15) is 38.5 Å². The lowest BCUT2D eigenvalue weighted by Crippen LogP contribution is -2.53. The Morgan fingerprint density at radius 1 is 1.10 bits per heavy atom. The Kier molecular flexibility index (Phi) is 2.66. The first kappa shape index (κ1) is 12.4. The van der Waals surface area contributed by atoms with Gasteiger partial charge in [0, 0.05) is 13.1 Å². The quantitative estimate of drug-likeness (QED) is 0.823. The fraction of sp³-hybridized carbons (Fsp3) is 0.647. The Labute approximate surface area is 120 Å². The van der Waals surface area contributed by atoms with Crippen molar-refractivity contribution in [3.63, 3.8) is 0 Å². The van der Waals surface area contributed by atoms with E-state index >= 15 is 0 Å². The summed E-state index contributed by atoms with van der Waals surface area (Å²) in [6.45, 7) is 0. The smallest absolute Gasteiger partial charge is 0.138 e. The molecule has 3 heteroatoms. The minimum atomic E-state index is 0.0801. The molecule has 2 N–H and O–H groups in total. The highest BCUT2D eigenvalue weighted by molar-refractivity contribution is 5.58. The molecule has 20 heavy (non-hydrogen) atoms. The molecular formula is C17H23NO2. The zero-order valence-electron chi connectivity index (χ0n) is 12.1. The van der Waals surface area contributed by atoms with Gasteiger partial charge in [-0.3, -0.25) is 0 Å². The van der Waals surface area contributed by atoms with Gasteiger partial charge in [-0.25, -0.2) is 0 Å². The molecule has 1 aromatic rings. The number of nitrogens with one attached hydrogen (secondary N) is 1. The highest BCUT2D eigenvalue weighted by Gasteiger charge is 2.52. The molecule has 0 aliphatic heterocycles. The van der Waals surface area contributed by atoms with Crippen molar-refractivity contribution in [2.45, 2.75) is 44.1 Å². The summed E-state index contributed by atoms with van der Waals surface area (Å²) in [5.41, 5.74) is 0.823. The molecule has 3 nitrogen and oxygen atoms in total. The van der Waals surface area contributed by atoms with Crippen molar-refractivity contribution in [3.8, 4) is 11.5 Å². The van der Waals surface area contributed by atoms with Crippen LogP contribution >= 0.6 is 0 Å². The summed E-state index contributed by atoms with van der Waals surface area (Å²) in [7, 11) is 1.82. The van der Waals surface area contributed by atoms with Crippen molar-refractivity contribution in [3.05, 3.63) is 18.2 Å². The lowest BCUT2D eigenvalue weighted by atomic mass is 9.54.